The van der Waals surface area contributed by atoms with E-state index in [0.717, 1.165) is 6.67 Å². The lowest BCUT2D eigenvalue weighted by molar-refractivity contribution is 0.470. The Balaban J connectivity index is 0.000000194. The summed E-state index contributed by atoms with van der Waals surface area (Å²) >= 11 is 0. The molecule has 0 radical (unpaired) electrons. The quantitative estimate of drug-likeness (QED) is 0.209. The Morgan fingerprint density at radius 3 is 1.87 bits per heavy atom. The zero-order valence-corrected chi connectivity index (χ0v) is 22.6. The van der Waals surface area contributed by atoms with Crippen LogP contribution in [0.3, 0.4) is 0 Å². The van der Waals surface area contributed by atoms with Crippen LogP contribution in [0.25, 0.3) is 43.4 Å². The van der Waals surface area contributed by atoms with Crippen LogP contribution < -0.4 is 0 Å². The predicted molar refractivity (Wildman–Crippen MR) is 166 cm³/mol. The van der Waals surface area contributed by atoms with E-state index < -0.39 is 0 Å². The molecule has 0 aliphatic carbocycles. The van der Waals surface area contributed by atoms with Gasteiger partial charge in [0.15, 0.2) is 0 Å². The van der Waals surface area contributed by atoms with Crippen LogP contribution in [0.1, 0.15) is 11.1 Å². The van der Waals surface area contributed by atoms with Crippen molar-refractivity contribution >= 4 is 38.5 Å². The molecule has 192 valence electrons. The highest BCUT2D eigenvalue weighted by Crippen LogP contribution is 2.36. The Bertz CT molecular complexity index is 1740. The zero-order valence-electron chi connectivity index (χ0n) is 22.6. The van der Waals surface area contributed by atoms with Gasteiger partial charge in [0.05, 0.1) is 0 Å². The molecular formula is C35H32N4. The van der Waals surface area contributed by atoms with E-state index in [1.807, 2.05) is 24.2 Å². The van der Waals surface area contributed by atoms with Gasteiger partial charge in [-0.3, -0.25) is 4.99 Å². The van der Waals surface area contributed by atoms with Gasteiger partial charge in [-0.1, -0.05) is 78.9 Å². The summed E-state index contributed by atoms with van der Waals surface area (Å²) in [6, 6.07) is 32.6. The third kappa shape index (κ3) is 5.86. The molecule has 1 aromatic heterocycles. The normalized spacial score (nSPS) is 12.1. The number of aromatic nitrogens is 2. The van der Waals surface area contributed by atoms with Crippen LogP contribution in [0.4, 0.5) is 0 Å². The minimum Gasteiger partial charge on any atom is -0.361 e. The molecule has 0 N–H and O–H groups in total. The van der Waals surface area contributed by atoms with Crippen molar-refractivity contribution in [2.75, 3.05) is 13.7 Å². The average molecular weight is 509 g/mol. The Kier molecular flexibility index (Phi) is 8.03. The van der Waals surface area contributed by atoms with Gasteiger partial charge < -0.3 is 4.90 Å². The van der Waals surface area contributed by atoms with E-state index in [9.17, 15) is 0 Å². The first-order valence-corrected chi connectivity index (χ1v) is 13.1. The Morgan fingerprint density at radius 1 is 0.641 bits per heavy atom. The number of fused-ring (bicyclic) bond motifs is 3. The number of nitrogens with zero attached hydrogens (tertiary/aromatic N) is 4. The van der Waals surface area contributed by atoms with E-state index >= 15 is 0 Å². The number of rotatable bonds is 1. The molecule has 0 bridgehead atoms. The summed E-state index contributed by atoms with van der Waals surface area (Å²) in [6.45, 7) is 5.29. The number of hydrogen-bond donors (Lipinski definition) is 0. The second-order valence-electron chi connectivity index (χ2n) is 9.56. The van der Waals surface area contributed by atoms with Crippen molar-refractivity contribution < 1.29 is 0 Å². The van der Waals surface area contributed by atoms with Crippen LogP contribution in [0.2, 0.25) is 0 Å². The summed E-state index contributed by atoms with van der Waals surface area (Å²) in [5, 5.41) is 8.01. The first kappa shape index (κ1) is 25.8. The van der Waals surface area contributed by atoms with Gasteiger partial charge >= 0.3 is 0 Å². The minimum absolute atomic E-state index is 0.802. The van der Waals surface area contributed by atoms with Crippen LogP contribution >= 0.6 is 0 Å². The van der Waals surface area contributed by atoms with Crippen molar-refractivity contribution in [3.63, 3.8) is 0 Å². The molecule has 0 unspecified atom stereocenters. The molecule has 5 aromatic carbocycles. The molecule has 0 saturated carbocycles. The minimum atomic E-state index is 0.802. The van der Waals surface area contributed by atoms with Gasteiger partial charge in [-0.15, -0.1) is 0 Å². The lowest BCUT2D eigenvalue weighted by Crippen LogP contribution is -2.12. The molecule has 4 heteroatoms. The molecule has 4 nitrogen and oxygen atoms in total. The monoisotopic (exact) mass is 508 g/mol. The molecule has 1 aliphatic rings. The summed E-state index contributed by atoms with van der Waals surface area (Å²) in [5.41, 5.74) is 5.32. The maximum atomic E-state index is 3.97. The first-order chi connectivity index (χ1) is 19.1. The van der Waals surface area contributed by atoms with Crippen LogP contribution in [-0.4, -0.2) is 34.8 Å². The summed E-state index contributed by atoms with van der Waals surface area (Å²) in [4.78, 5) is 13.3. The fraction of sp³-hybridized carbons (Fsp3) is 0.114. The number of benzene rings is 5. The lowest BCUT2D eigenvalue weighted by atomic mass is 9.90. The van der Waals surface area contributed by atoms with Gasteiger partial charge in [0.1, 0.15) is 13.0 Å². The predicted octanol–water partition coefficient (Wildman–Crippen LogP) is 8.38. The smallest absolute Gasteiger partial charge is 0.115 e. The van der Waals surface area contributed by atoms with Gasteiger partial charge in [-0.05, 0) is 86.6 Å². The number of aryl methyl sites for hydroxylation is 2. The summed E-state index contributed by atoms with van der Waals surface area (Å²) in [7, 11) is 1.99. The van der Waals surface area contributed by atoms with Crippen molar-refractivity contribution in [2.24, 2.45) is 4.99 Å². The molecule has 6 aromatic rings. The van der Waals surface area contributed by atoms with Crippen molar-refractivity contribution in [3.05, 3.63) is 133 Å². The van der Waals surface area contributed by atoms with Crippen molar-refractivity contribution in [1.29, 1.82) is 0 Å². The van der Waals surface area contributed by atoms with Gasteiger partial charge in [0, 0.05) is 31.9 Å². The van der Waals surface area contributed by atoms with Crippen LogP contribution in [0.5, 0.6) is 0 Å². The van der Waals surface area contributed by atoms with Crippen molar-refractivity contribution in [2.45, 2.75) is 13.8 Å². The van der Waals surface area contributed by atoms with Crippen LogP contribution in [0.15, 0.2) is 127 Å². The Hall–Kier alpha value is -4.83. The van der Waals surface area contributed by atoms with Crippen molar-refractivity contribution in [1.82, 2.24) is 14.9 Å². The zero-order chi connectivity index (χ0) is 27.0. The van der Waals surface area contributed by atoms with Crippen molar-refractivity contribution in [3.8, 4) is 11.1 Å². The maximum Gasteiger partial charge on any atom is 0.115 e. The number of allylic oxidation sites excluding steroid dienone is 1. The SMILES string of the molecule is CN1C=CC=NC1.Cc1c2ccccc2c(C)c2cc(-c3cccc4ccccc34)ccc12.c1cncnc1. The summed E-state index contributed by atoms with van der Waals surface area (Å²) in [5.74, 6) is 0. The second kappa shape index (κ2) is 12.1. The summed E-state index contributed by atoms with van der Waals surface area (Å²) < 4.78 is 0. The van der Waals surface area contributed by atoms with Crippen LogP contribution in [0, 0.1) is 13.8 Å². The maximum absolute atomic E-state index is 3.97. The van der Waals surface area contributed by atoms with E-state index in [2.05, 4.69) is 114 Å². The fourth-order valence-corrected chi connectivity index (χ4v) is 4.98. The van der Waals surface area contributed by atoms with E-state index in [4.69, 9.17) is 0 Å². The van der Waals surface area contributed by atoms with Gasteiger partial charge in [-0.2, -0.15) is 0 Å². The van der Waals surface area contributed by atoms with Crippen LogP contribution in [-0.2, 0) is 0 Å². The third-order valence-corrected chi connectivity index (χ3v) is 6.98. The molecule has 7 rings (SSSR count). The highest BCUT2D eigenvalue weighted by Gasteiger charge is 2.10. The van der Waals surface area contributed by atoms with E-state index in [-0.39, 0.29) is 0 Å². The molecule has 0 atom stereocenters. The second-order valence-corrected chi connectivity index (χ2v) is 9.56. The molecule has 1 aliphatic heterocycles. The highest BCUT2D eigenvalue weighted by atomic mass is 15.2. The number of hydrogen-bond acceptors (Lipinski definition) is 4. The van der Waals surface area contributed by atoms with Gasteiger partial charge in [0.25, 0.3) is 0 Å². The standard InChI is InChI=1S/C26H20.C5H8N2.C4H4N2/c1-17-21-10-5-6-11-22(21)18(2)26-16-20(14-15-23(17)26)25-13-7-9-19-8-3-4-12-24(19)25;1-7-4-2-3-6-5-7;1-2-5-4-6-3-1/h3-16H,1-2H3;2-4H,5H2,1H3;1-4H. The van der Waals surface area contributed by atoms with Gasteiger partial charge in [0.2, 0.25) is 0 Å². The average Bonchev–Trinajstić information content (AvgIpc) is 3.01. The largest absolute Gasteiger partial charge is 0.361 e. The van der Waals surface area contributed by atoms with E-state index in [1.165, 1.54) is 60.9 Å². The van der Waals surface area contributed by atoms with Gasteiger partial charge in [-0.25, -0.2) is 9.97 Å². The molecule has 0 saturated heterocycles. The van der Waals surface area contributed by atoms with E-state index in [1.54, 1.807) is 24.7 Å². The molecule has 0 fully saturated rings. The molecule has 2 heterocycles. The molecule has 0 amide bonds. The molecule has 39 heavy (non-hydrogen) atoms. The first-order valence-electron chi connectivity index (χ1n) is 13.1. The summed E-state index contributed by atoms with van der Waals surface area (Å²) in [6.07, 6.45) is 10.6. The van der Waals surface area contributed by atoms with E-state index in [0.29, 0.717) is 0 Å². The molecular weight excluding hydrogens is 476 g/mol. The Morgan fingerprint density at radius 2 is 1.28 bits per heavy atom. The number of aliphatic imine (C=N–C) groups is 1. The highest BCUT2D eigenvalue weighted by molar-refractivity contribution is 6.07. The third-order valence-electron chi connectivity index (χ3n) is 6.98. The lowest BCUT2D eigenvalue weighted by Gasteiger charge is -2.14. The fourth-order valence-electron chi connectivity index (χ4n) is 4.98. The molecule has 0 spiro atoms. The topological polar surface area (TPSA) is 41.4 Å². The Labute approximate surface area is 230 Å².